The van der Waals surface area contributed by atoms with Crippen LogP contribution in [-0.2, 0) is 4.79 Å². The molecule has 5 N–H and O–H groups in total. The van der Waals surface area contributed by atoms with Gasteiger partial charge >= 0.3 is 0 Å². The van der Waals surface area contributed by atoms with Crippen LogP contribution >= 0.6 is 0 Å². The second-order valence-electron chi connectivity index (χ2n) is 7.82. The third kappa shape index (κ3) is 6.01. The van der Waals surface area contributed by atoms with Gasteiger partial charge in [-0.05, 0) is 56.9 Å². The first-order valence-corrected chi connectivity index (χ1v) is 9.68. The molecule has 0 aromatic carbocycles. The summed E-state index contributed by atoms with van der Waals surface area (Å²) in [6.07, 6.45) is 4.18. The Hall–Kier alpha value is -0.650. The summed E-state index contributed by atoms with van der Waals surface area (Å²) in [5, 5.41) is 23.9. The van der Waals surface area contributed by atoms with Crippen molar-refractivity contribution in [3.8, 4) is 0 Å². The number of rotatable bonds is 10. The lowest BCUT2D eigenvalue weighted by atomic mass is 9.80. The predicted octanol–water partition coefficient (Wildman–Crippen LogP) is 2.05. The average molecular weight is 343 g/mol. The van der Waals surface area contributed by atoms with E-state index in [1.807, 2.05) is 27.7 Å². The molecule has 1 aliphatic heterocycles. The molecule has 7 unspecified atom stereocenters. The number of amides is 1. The van der Waals surface area contributed by atoms with E-state index in [1.54, 1.807) is 0 Å². The number of nitrogens with two attached hydrogens (primary N) is 1. The summed E-state index contributed by atoms with van der Waals surface area (Å²) in [5.74, 6) is 0.579. The van der Waals surface area contributed by atoms with Gasteiger partial charge in [-0.25, -0.2) is 0 Å². The summed E-state index contributed by atoms with van der Waals surface area (Å²) in [4.78, 5) is 12.0. The maximum Gasteiger partial charge on any atom is 0.223 e. The predicted molar refractivity (Wildman–Crippen MR) is 97.4 cm³/mol. The van der Waals surface area contributed by atoms with Crippen LogP contribution in [0.1, 0.15) is 66.2 Å². The van der Waals surface area contributed by atoms with Gasteiger partial charge in [-0.1, -0.05) is 27.7 Å². The van der Waals surface area contributed by atoms with E-state index in [4.69, 9.17) is 5.73 Å². The van der Waals surface area contributed by atoms with Crippen molar-refractivity contribution in [3.05, 3.63) is 0 Å². The number of nitrogens with one attached hydrogen (secondary N) is 1. The van der Waals surface area contributed by atoms with Crippen molar-refractivity contribution >= 4 is 5.91 Å². The van der Waals surface area contributed by atoms with Crippen LogP contribution in [0.5, 0.6) is 0 Å². The van der Waals surface area contributed by atoms with Crippen LogP contribution in [0, 0.1) is 23.7 Å². The zero-order valence-corrected chi connectivity index (χ0v) is 15.9. The highest BCUT2D eigenvalue weighted by Crippen LogP contribution is 2.28. The molecule has 142 valence electrons. The first kappa shape index (κ1) is 21.4. The second kappa shape index (κ2) is 10.4. The monoisotopic (exact) mass is 342 g/mol. The summed E-state index contributed by atoms with van der Waals surface area (Å²) in [5.41, 5.74) is 5.54. The smallest absolute Gasteiger partial charge is 0.223 e. The molecule has 0 bridgehead atoms. The van der Waals surface area contributed by atoms with Crippen LogP contribution in [0.25, 0.3) is 0 Å². The molecule has 1 amide bonds. The van der Waals surface area contributed by atoms with Crippen molar-refractivity contribution in [3.63, 3.8) is 0 Å². The largest absolute Gasteiger partial charge is 0.393 e. The minimum atomic E-state index is -0.467. The van der Waals surface area contributed by atoms with Crippen molar-refractivity contribution in [2.45, 2.75) is 84.5 Å². The van der Waals surface area contributed by atoms with E-state index in [1.165, 1.54) is 0 Å². The van der Waals surface area contributed by atoms with Gasteiger partial charge < -0.3 is 21.3 Å². The van der Waals surface area contributed by atoms with Gasteiger partial charge in [-0.3, -0.25) is 4.79 Å². The third-order valence-electron chi connectivity index (χ3n) is 5.97. The van der Waals surface area contributed by atoms with Crippen molar-refractivity contribution in [2.24, 2.45) is 29.4 Å². The summed E-state index contributed by atoms with van der Waals surface area (Å²) in [7, 11) is 0. The lowest BCUT2D eigenvalue weighted by molar-refractivity contribution is -0.129. The molecule has 0 aromatic heterocycles. The zero-order chi connectivity index (χ0) is 18.3. The van der Waals surface area contributed by atoms with E-state index in [0.717, 1.165) is 32.1 Å². The number of piperidine rings is 1. The molecule has 0 aliphatic carbocycles. The fraction of sp³-hybridized carbons (Fsp3) is 0.947. The highest BCUT2D eigenvalue weighted by Gasteiger charge is 2.34. The Kier molecular flexibility index (Phi) is 9.24. The quantitative estimate of drug-likeness (QED) is 0.488. The van der Waals surface area contributed by atoms with Gasteiger partial charge in [0.1, 0.15) is 0 Å². The summed E-state index contributed by atoms with van der Waals surface area (Å²) < 4.78 is 0. The fourth-order valence-electron chi connectivity index (χ4n) is 3.77. The summed E-state index contributed by atoms with van der Waals surface area (Å²) in [6, 6.07) is 0.0545. The van der Waals surface area contributed by atoms with Gasteiger partial charge in [-0.15, -0.1) is 0 Å². The zero-order valence-electron chi connectivity index (χ0n) is 15.9. The molecule has 0 saturated carbocycles. The molecule has 1 heterocycles. The lowest BCUT2D eigenvalue weighted by Gasteiger charge is -2.36. The van der Waals surface area contributed by atoms with Gasteiger partial charge in [0, 0.05) is 17.9 Å². The number of carbonyl (C=O) groups is 1. The highest BCUT2D eigenvalue weighted by molar-refractivity contribution is 5.79. The molecule has 5 heteroatoms. The van der Waals surface area contributed by atoms with Gasteiger partial charge in [-0.2, -0.15) is 0 Å². The van der Waals surface area contributed by atoms with Crippen LogP contribution in [0.2, 0.25) is 0 Å². The van der Waals surface area contributed by atoms with Gasteiger partial charge in [0.2, 0.25) is 5.91 Å². The Balaban J connectivity index is 2.44. The molecular formula is C19H38N2O3. The molecule has 1 fully saturated rings. The minimum Gasteiger partial charge on any atom is -0.393 e. The molecular weight excluding hydrogens is 304 g/mol. The van der Waals surface area contributed by atoms with Gasteiger partial charge in [0.25, 0.3) is 0 Å². The second-order valence-corrected chi connectivity index (χ2v) is 7.82. The molecule has 1 saturated heterocycles. The topological polar surface area (TPSA) is 95.6 Å². The standard InChI is InChI=1S/C19H38N2O3/c1-5-15-7-8-16(21-19(15)24)14(4)18(23)13(3)6-9-17(22)12(2)10-11-20/h12-18,22-23H,5-11,20H2,1-4H3,(H,21,24). The van der Waals surface area contributed by atoms with Crippen molar-refractivity contribution in [1.82, 2.24) is 5.32 Å². The Morgan fingerprint density at radius 3 is 2.33 bits per heavy atom. The molecule has 0 spiro atoms. The van der Waals surface area contributed by atoms with Crippen LogP contribution in [-0.4, -0.2) is 40.9 Å². The maximum atomic E-state index is 12.0. The van der Waals surface area contributed by atoms with E-state index in [2.05, 4.69) is 5.32 Å². The van der Waals surface area contributed by atoms with Crippen LogP contribution in [0.3, 0.4) is 0 Å². The normalized spacial score (nSPS) is 27.9. The SMILES string of the molecule is CCC1CCC(C(C)C(O)C(C)CCC(O)C(C)CCN)NC1=O. The van der Waals surface area contributed by atoms with E-state index in [9.17, 15) is 15.0 Å². The Bertz CT molecular complexity index is 378. The molecule has 7 atom stereocenters. The summed E-state index contributed by atoms with van der Waals surface area (Å²) in [6.45, 7) is 8.70. The average Bonchev–Trinajstić information content (AvgIpc) is 2.57. The van der Waals surface area contributed by atoms with Crippen LogP contribution in [0.15, 0.2) is 0 Å². The van der Waals surface area contributed by atoms with Crippen molar-refractivity contribution in [1.29, 1.82) is 0 Å². The third-order valence-corrected chi connectivity index (χ3v) is 5.97. The van der Waals surface area contributed by atoms with E-state index in [-0.39, 0.29) is 41.7 Å². The van der Waals surface area contributed by atoms with Crippen LogP contribution < -0.4 is 11.1 Å². The number of aliphatic hydroxyl groups is 2. The Morgan fingerprint density at radius 2 is 1.79 bits per heavy atom. The van der Waals surface area contributed by atoms with E-state index in [0.29, 0.717) is 13.0 Å². The van der Waals surface area contributed by atoms with Crippen LogP contribution in [0.4, 0.5) is 0 Å². The number of aliphatic hydroxyl groups excluding tert-OH is 2. The minimum absolute atomic E-state index is 0.0281. The maximum absolute atomic E-state index is 12.0. The highest BCUT2D eigenvalue weighted by atomic mass is 16.3. The molecule has 1 aliphatic rings. The fourth-order valence-corrected chi connectivity index (χ4v) is 3.77. The Morgan fingerprint density at radius 1 is 1.12 bits per heavy atom. The number of hydrogen-bond donors (Lipinski definition) is 4. The number of hydrogen-bond acceptors (Lipinski definition) is 4. The lowest BCUT2D eigenvalue weighted by Crippen LogP contribution is -2.50. The molecule has 5 nitrogen and oxygen atoms in total. The van der Waals surface area contributed by atoms with Crippen molar-refractivity contribution in [2.75, 3.05) is 6.54 Å². The first-order valence-electron chi connectivity index (χ1n) is 9.68. The molecule has 1 rings (SSSR count). The van der Waals surface area contributed by atoms with E-state index < -0.39 is 6.10 Å². The van der Waals surface area contributed by atoms with Crippen molar-refractivity contribution < 1.29 is 15.0 Å². The van der Waals surface area contributed by atoms with E-state index >= 15 is 0 Å². The van der Waals surface area contributed by atoms with Gasteiger partial charge in [0.05, 0.1) is 12.2 Å². The van der Waals surface area contributed by atoms with Gasteiger partial charge in [0.15, 0.2) is 0 Å². The number of carbonyl (C=O) groups excluding carboxylic acids is 1. The summed E-state index contributed by atoms with van der Waals surface area (Å²) >= 11 is 0. The first-order chi connectivity index (χ1) is 11.3. The molecule has 0 radical (unpaired) electrons. The Labute approximate surface area is 147 Å². The molecule has 24 heavy (non-hydrogen) atoms. The molecule has 0 aromatic rings.